The van der Waals surface area contributed by atoms with Gasteiger partial charge in [-0.2, -0.15) is 0 Å². The molecular formula is C17H18N2O3S2. The van der Waals surface area contributed by atoms with Gasteiger partial charge in [0.25, 0.3) is 10.0 Å². The van der Waals surface area contributed by atoms with Crippen LogP contribution >= 0.6 is 11.8 Å². The van der Waals surface area contributed by atoms with E-state index in [4.69, 9.17) is 0 Å². The summed E-state index contributed by atoms with van der Waals surface area (Å²) in [6.07, 6.45) is 0.794. The van der Waals surface area contributed by atoms with Crippen LogP contribution in [-0.2, 0) is 14.8 Å². The van der Waals surface area contributed by atoms with Gasteiger partial charge >= 0.3 is 0 Å². The van der Waals surface area contributed by atoms with Crippen LogP contribution in [0.15, 0.2) is 58.3 Å². The first-order valence-corrected chi connectivity index (χ1v) is 10.0. The molecule has 0 spiro atoms. The van der Waals surface area contributed by atoms with E-state index < -0.39 is 10.0 Å². The number of thioether (sulfide) groups is 1. The van der Waals surface area contributed by atoms with Crippen molar-refractivity contribution in [3.05, 3.63) is 48.5 Å². The predicted octanol–water partition coefficient (Wildman–Crippen LogP) is 3.34. The number of nitrogens with one attached hydrogen (secondary N) is 1. The number of hydrogen-bond acceptors (Lipinski definition) is 4. The number of nitrogens with zero attached hydrogens (tertiary/aromatic N) is 1. The van der Waals surface area contributed by atoms with Gasteiger partial charge in [-0.1, -0.05) is 12.1 Å². The number of fused-ring (bicyclic) bond motifs is 1. The van der Waals surface area contributed by atoms with Crippen molar-refractivity contribution in [3.8, 4) is 0 Å². The Morgan fingerprint density at radius 1 is 1.12 bits per heavy atom. The minimum atomic E-state index is -3.64. The quantitative estimate of drug-likeness (QED) is 0.909. The third kappa shape index (κ3) is 3.42. The summed E-state index contributed by atoms with van der Waals surface area (Å²) in [4.78, 5) is 12.3. The number of carbonyl (C=O) groups is 1. The third-order valence-corrected chi connectivity index (χ3v) is 6.64. The van der Waals surface area contributed by atoms with E-state index in [2.05, 4.69) is 5.32 Å². The van der Waals surface area contributed by atoms with E-state index in [1.807, 2.05) is 24.3 Å². The monoisotopic (exact) mass is 362 g/mol. The molecule has 0 bridgehead atoms. The second-order valence-corrected chi connectivity index (χ2v) is 8.45. The van der Waals surface area contributed by atoms with Gasteiger partial charge in [-0.25, -0.2) is 8.42 Å². The van der Waals surface area contributed by atoms with Gasteiger partial charge in [-0.05, 0) is 48.6 Å². The average molecular weight is 362 g/mol. The zero-order valence-electron chi connectivity index (χ0n) is 13.2. The summed E-state index contributed by atoms with van der Waals surface area (Å²) in [5.41, 5.74) is 1.30. The Bertz CT molecular complexity index is 848. The van der Waals surface area contributed by atoms with Crippen molar-refractivity contribution in [1.82, 2.24) is 0 Å². The highest BCUT2D eigenvalue weighted by Gasteiger charge is 2.28. The molecule has 7 heteroatoms. The van der Waals surface area contributed by atoms with Crippen LogP contribution in [0.5, 0.6) is 0 Å². The number of benzene rings is 2. The first-order chi connectivity index (χ1) is 11.5. The molecule has 0 saturated carbocycles. The first kappa shape index (κ1) is 16.9. The molecule has 3 rings (SSSR count). The van der Waals surface area contributed by atoms with Gasteiger partial charge in [0.2, 0.25) is 5.91 Å². The third-order valence-electron chi connectivity index (χ3n) is 3.66. The van der Waals surface area contributed by atoms with E-state index in [0.717, 1.165) is 22.8 Å². The van der Waals surface area contributed by atoms with E-state index in [1.165, 1.54) is 23.4 Å². The van der Waals surface area contributed by atoms with Crippen LogP contribution in [0.1, 0.15) is 13.3 Å². The maximum absolute atomic E-state index is 13.1. The van der Waals surface area contributed by atoms with Gasteiger partial charge in [0.05, 0.1) is 10.6 Å². The van der Waals surface area contributed by atoms with Crippen LogP contribution in [0.25, 0.3) is 0 Å². The van der Waals surface area contributed by atoms with Crippen molar-refractivity contribution < 1.29 is 13.2 Å². The van der Waals surface area contributed by atoms with Crippen LogP contribution in [-0.4, -0.2) is 26.6 Å². The Morgan fingerprint density at radius 3 is 2.54 bits per heavy atom. The molecular weight excluding hydrogens is 344 g/mol. The Labute approximate surface area is 146 Å². The average Bonchev–Trinajstić information content (AvgIpc) is 2.77. The number of sulfonamides is 1. The van der Waals surface area contributed by atoms with Gasteiger partial charge in [0.15, 0.2) is 0 Å². The number of rotatable bonds is 3. The molecule has 0 aromatic heterocycles. The molecule has 24 heavy (non-hydrogen) atoms. The van der Waals surface area contributed by atoms with Crippen molar-refractivity contribution in [1.29, 1.82) is 0 Å². The minimum Gasteiger partial charge on any atom is -0.326 e. The second-order valence-electron chi connectivity index (χ2n) is 5.45. The largest absolute Gasteiger partial charge is 0.326 e. The topological polar surface area (TPSA) is 66.5 Å². The van der Waals surface area contributed by atoms with E-state index in [1.54, 1.807) is 23.9 Å². The second kappa shape index (κ2) is 6.86. The van der Waals surface area contributed by atoms with Crippen LogP contribution in [0.4, 0.5) is 11.4 Å². The van der Waals surface area contributed by atoms with Crippen LogP contribution < -0.4 is 9.62 Å². The molecule has 1 N–H and O–H groups in total. The number of para-hydroxylation sites is 1. The molecule has 0 radical (unpaired) electrons. The Kier molecular flexibility index (Phi) is 4.82. The highest BCUT2D eigenvalue weighted by atomic mass is 32.2. The molecule has 1 heterocycles. The first-order valence-electron chi connectivity index (χ1n) is 7.61. The fraction of sp³-hybridized carbons (Fsp3) is 0.235. The lowest BCUT2D eigenvalue weighted by molar-refractivity contribution is -0.114. The number of hydrogen-bond donors (Lipinski definition) is 1. The fourth-order valence-electron chi connectivity index (χ4n) is 2.59. The highest BCUT2D eigenvalue weighted by molar-refractivity contribution is 7.99. The molecule has 0 atom stereocenters. The summed E-state index contributed by atoms with van der Waals surface area (Å²) < 4.78 is 27.6. The van der Waals surface area contributed by atoms with Gasteiger partial charge in [0, 0.05) is 24.1 Å². The minimum absolute atomic E-state index is 0.191. The Balaban J connectivity index is 1.97. The van der Waals surface area contributed by atoms with Crippen molar-refractivity contribution in [2.24, 2.45) is 0 Å². The summed E-state index contributed by atoms with van der Waals surface area (Å²) in [7, 11) is -3.64. The summed E-state index contributed by atoms with van der Waals surface area (Å²) in [5, 5.41) is 2.64. The van der Waals surface area contributed by atoms with Crippen LogP contribution in [0.2, 0.25) is 0 Å². The smallest absolute Gasteiger partial charge is 0.264 e. The molecule has 0 unspecified atom stereocenters. The van der Waals surface area contributed by atoms with E-state index in [-0.39, 0.29) is 10.8 Å². The van der Waals surface area contributed by atoms with Gasteiger partial charge in [-0.3, -0.25) is 9.10 Å². The standard InChI is InChI=1S/C17H18N2O3S2/c1-13(20)18-14-7-9-15(10-8-14)24(21,22)19-11-4-12-23-17-6-3-2-5-16(17)19/h2-3,5-10H,4,11-12H2,1H3,(H,18,20). The molecule has 126 valence electrons. The molecule has 0 aliphatic carbocycles. The van der Waals surface area contributed by atoms with E-state index in [9.17, 15) is 13.2 Å². The Hall–Kier alpha value is -1.99. The lowest BCUT2D eigenvalue weighted by Crippen LogP contribution is -2.31. The zero-order valence-corrected chi connectivity index (χ0v) is 14.9. The lowest BCUT2D eigenvalue weighted by atomic mass is 10.3. The highest BCUT2D eigenvalue weighted by Crippen LogP contribution is 2.36. The fourth-order valence-corrected chi connectivity index (χ4v) is 5.16. The normalized spacial score (nSPS) is 14.6. The predicted molar refractivity (Wildman–Crippen MR) is 97.1 cm³/mol. The van der Waals surface area contributed by atoms with Crippen LogP contribution in [0.3, 0.4) is 0 Å². The summed E-state index contributed by atoms with van der Waals surface area (Å²) in [5.74, 6) is 0.703. The van der Waals surface area contributed by atoms with E-state index in [0.29, 0.717) is 12.2 Å². The number of carbonyl (C=O) groups excluding carboxylic acids is 1. The number of amides is 1. The Morgan fingerprint density at radius 2 is 1.83 bits per heavy atom. The van der Waals surface area contributed by atoms with Gasteiger partial charge in [0.1, 0.15) is 0 Å². The molecule has 1 aliphatic heterocycles. The van der Waals surface area contributed by atoms with Crippen molar-refractivity contribution in [2.45, 2.75) is 23.1 Å². The molecule has 0 fully saturated rings. The van der Waals surface area contributed by atoms with Crippen LogP contribution in [0, 0.1) is 0 Å². The van der Waals surface area contributed by atoms with Crippen molar-refractivity contribution in [2.75, 3.05) is 21.9 Å². The van der Waals surface area contributed by atoms with Gasteiger partial charge < -0.3 is 5.32 Å². The SMILES string of the molecule is CC(=O)Nc1ccc(S(=O)(=O)N2CCCSc3ccccc32)cc1. The maximum Gasteiger partial charge on any atom is 0.264 e. The summed E-state index contributed by atoms with van der Waals surface area (Å²) in [6.45, 7) is 1.87. The maximum atomic E-state index is 13.1. The summed E-state index contributed by atoms with van der Waals surface area (Å²) >= 11 is 1.68. The van der Waals surface area contributed by atoms with Gasteiger partial charge in [-0.15, -0.1) is 11.8 Å². The molecule has 1 amide bonds. The molecule has 2 aromatic carbocycles. The molecule has 2 aromatic rings. The molecule has 1 aliphatic rings. The van der Waals surface area contributed by atoms with Crippen molar-refractivity contribution >= 4 is 39.1 Å². The van der Waals surface area contributed by atoms with E-state index >= 15 is 0 Å². The summed E-state index contributed by atoms with van der Waals surface area (Å²) in [6, 6.07) is 13.8. The van der Waals surface area contributed by atoms with Crippen molar-refractivity contribution in [3.63, 3.8) is 0 Å². The molecule has 0 saturated heterocycles. The lowest BCUT2D eigenvalue weighted by Gasteiger charge is -2.24. The zero-order chi connectivity index (χ0) is 17.2. The molecule has 5 nitrogen and oxygen atoms in total. The number of anilines is 2.